The summed E-state index contributed by atoms with van der Waals surface area (Å²) in [4.78, 5) is 20.8. The van der Waals surface area contributed by atoms with Crippen molar-refractivity contribution < 1.29 is 9.53 Å². The molecule has 2 N–H and O–H groups in total. The lowest BCUT2D eigenvalue weighted by atomic mass is 9.98. The number of methoxy groups -OCH3 is 1. The van der Waals surface area contributed by atoms with Crippen LogP contribution in [0.15, 0.2) is 30.6 Å². The summed E-state index contributed by atoms with van der Waals surface area (Å²) in [7, 11) is 1.63. The van der Waals surface area contributed by atoms with Crippen molar-refractivity contribution in [1.29, 1.82) is 0 Å². The topological polar surface area (TPSA) is 76.1 Å². The normalized spacial score (nSPS) is 10.7. The lowest BCUT2D eigenvalue weighted by Crippen LogP contribution is -2.16. The third kappa shape index (κ3) is 4.52. The van der Waals surface area contributed by atoms with Gasteiger partial charge in [0.2, 0.25) is 5.95 Å². The van der Waals surface area contributed by atoms with Crippen LogP contribution in [0.25, 0.3) is 0 Å². The van der Waals surface area contributed by atoms with Crippen LogP contribution < -0.4 is 10.6 Å². The summed E-state index contributed by atoms with van der Waals surface area (Å²) in [6.07, 6.45) is 3.04. The lowest BCUT2D eigenvalue weighted by Gasteiger charge is -2.16. The summed E-state index contributed by atoms with van der Waals surface area (Å²) >= 11 is 0. The molecule has 0 aliphatic heterocycles. The Labute approximate surface area is 142 Å². The van der Waals surface area contributed by atoms with Gasteiger partial charge < -0.3 is 15.4 Å². The SMILES string of the molecule is COCCNc1ncc(C(=O)Nc2c(C)cccc2C(C)C)cn1. The molecule has 0 bridgehead atoms. The Morgan fingerprint density at radius 1 is 1.25 bits per heavy atom. The molecular formula is C18H24N4O2. The summed E-state index contributed by atoms with van der Waals surface area (Å²) in [6, 6.07) is 6.03. The highest BCUT2D eigenvalue weighted by Gasteiger charge is 2.14. The van der Waals surface area contributed by atoms with Gasteiger partial charge in [0.25, 0.3) is 5.91 Å². The second-order valence-corrected chi connectivity index (χ2v) is 5.86. The molecule has 0 saturated heterocycles. The van der Waals surface area contributed by atoms with Crippen LogP contribution >= 0.6 is 0 Å². The second-order valence-electron chi connectivity index (χ2n) is 5.86. The predicted octanol–water partition coefficient (Wildman–Crippen LogP) is 3.22. The van der Waals surface area contributed by atoms with E-state index in [-0.39, 0.29) is 5.91 Å². The Morgan fingerprint density at radius 2 is 1.96 bits per heavy atom. The fraction of sp³-hybridized carbons (Fsp3) is 0.389. The van der Waals surface area contributed by atoms with E-state index in [2.05, 4.69) is 34.4 Å². The number of carbonyl (C=O) groups excluding carboxylic acids is 1. The van der Waals surface area contributed by atoms with Gasteiger partial charge in [0.1, 0.15) is 0 Å². The first-order valence-corrected chi connectivity index (χ1v) is 7.98. The number of rotatable bonds is 7. The Hall–Kier alpha value is -2.47. The van der Waals surface area contributed by atoms with E-state index in [0.29, 0.717) is 30.6 Å². The zero-order chi connectivity index (χ0) is 17.5. The molecule has 1 amide bonds. The van der Waals surface area contributed by atoms with Crippen molar-refractivity contribution in [3.05, 3.63) is 47.3 Å². The van der Waals surface area contributed by atoms with Crippen molar-refractivity contribution in [3.8, 4) is 0 Å². The first-order chi connectivity index (χ1) is 11.5. The fourth-order valence-electron chi connectivity index (χ4n) is 2.33. The summed E-state index contributed by atoms with van der Waals surface area (Å²) in [5.41, 5.74) is 3.43. The molecule has 128 valence electrons. The van der Waals surface area contributed by atoms with Crippen molar-refractivity contribution in [3.63, 3.8) is 0 Å². The molecule has 0 atom stereocenters. The molecule has 0 unspecified atom stereocenters. The Bertz CT molecular complexity index is 684. The summed E-state index contributed by atoms with van der Waals surface area (Å²) in [5, 5.41) is 6.00. The highest BCUT2D eigenvalue weighted by Crippen LogP contribution is 2.27. The van der Waals surface area contributed by atoms with Crippen LogP contribution in [0, 0.1) is 6.92 Å². The first kappa shape index (κ1) is 17.9. The molecule has 0 aliphatic carbocycles. The highest BCUT2D eigenvalue weighted by atomic mass is 16.5. The van der Waals surface area contributed by atoms with Crippen LogP contribution in [0.1, 0.15) is 41.3 Å². The molecule has 0 saturated carbocycles. The van der Waals surface area contributed by atoms with Gasteiger partial charge >= 0.3 is 0 Å². The lowest BCUT2D eigenvalue weighted by molar-refractivity contribution is 0.102. The number of ether oxygens (including phenoxy) is 1. The summed E-state index contributed by atoms with van der Waals surface area (Å²) in [5.74, 6) is 0.584. The zero-order valence-electron chi connectivity index (χ0n) is 14.6. The maximum atomic E-state index is 12.5. The number of nitrogens with zero attached hydrogens (tertiary/aromatic N) is 2. The van der Waals surface area contributed by atoms with Crippen LogP contribution in [0.5, 0.6) is 0 Å². The number of hydrogen-bond donors (Lipinski definition) is 2. The van der Waals surface area contributed by atoms with Gasteiger partial charge in [-0.15, -0.1) is 0 Å². The molecule has 0 spiro atoms. The van der Waals surface area contributed by atoms with Crippen LogP contribution in [0.3, 0.4) is 0 Å². The maximum absolute atomic E-state index is 12.5. The van der Waals surface area contributed by atoms with Crippen LogP contribution in [-0.2, 0) is 4.74 Å². The number of carbonyl (C=O) groups is 1. The van der Waals surface area contributed by atoms with Gasteiger partial charge in [-0.3, -0.25) is 4.79 Å². The van der Waals surface area contributed by atoms with Crippen molar-refractivity contribution in [2.24, 2.45) is 0 Å². The molecule has 1 aromatic heterocycles. The highest BCUT2D eigenvalue weighted by molar-refractivity contribution is 6.04. The minimum absolute atomic E-state index is 0.213. The van der Waals surface area contributed by atoms with Gasteiger partial charge in [0.15, 0.2) is 0 Å². The number of benzene rings is 1. The average Bonchev–Trinajstić information content (AvgIpc) is 2.57. The van der Waals surface area contributed by atoms with Gasteiger partial charge in [-0.1, -0.05) is 32.0 Å². The van der Waals surface area contributed by atoms with Gasteiger partial charge in [-0.25, -0.2) is 9.97 Å². The molecular weight excluding hydrogens is 304 g/mol. The van der Waals surface area contributed by atoms with Gasteiger partial charge in [-0.2, -0.15) is 0 Å². The van der Waals surface area contributed by atoms with E-state index in [1.54, 1.807) is 7.11 Å². The largest absolute Gasteiger partial charge is 0.383 e. The van der Waals surface area contributed by atoms with Crippen LogP contribution in [0.2, 0.25) is 0 Å². The smallest absolute Gasteiger partial charge is 0.258 e. The Kier molecular flexibility index (Phi) is 6.26. The third-order valence-corrected chi connectivity index (χ3v) is 3.67. The monoisotopic (exact) mass is 328 g/mol. The summed E-state index contributed by atoms with van der Waals surface area (Å²) in [6.45, 7) is 7.38. The van der Waals surface area contributed by atoms with Crippen molar-refractivity contribution >= 4 is 17.5 Å². The van der Waals surface area contributed by atoms with E-state index in [1.165, 1.54) is 12.4 Å². The van der Waals surface area contributed by atoms with E-state index in [4.69, 9.17) is 4.74 Å². The molecule has 24 heavy (non-hydrogen) atoms. The quantitative estimate of drug-likeness (QED) is 0.763. The van der Waals surface area contributed by atoms with E-state index in [9.17, 15) is 4.79 Å². The minimum Gasteiger partial charge on any atom is -0.383 e. The second kappa shape index (κ2) is 8.40. The Morgan fingerprint density at radius 3 is 2.58 bits per heavy atom. The number of nitrogens with one attached hydrogen (secondary N) is 2. The predicted molar refractivity (Wildman–Crippen MR) is 95.6 cm³/mol. The van der Waals surface area contributed by atoms with E-state index in [1.807, 2.05) is 25.1 Å². The molecule has 1 aromatic carbocycles. The fourth-order valence-corrected chi connectivity index (χ4v) is 2.33. The van der Waals surface area contributed by atoms with E-state index < -0.39 is 0 Å². The molecule has 0 fully saturated rings. The summed E-state index contributed by atoms with van der Waals surface area (Å²) < 4.78 is 4.95. The Balaban J connectivity index is 2.10. The van der Waals surface area contributed by atoms with E-state index in [0.717, 1.165) is 16.8 Å². The number of aromatic nitrogens is 2. The van der Waals surface area contributed by atoms with Crippen molar-refractivity contribution in [2.45, 2.75) is 26.7 Å². The zero-order valence-corrected chi connectivity index (χ0v) is 14.6. The number of aryl methyl sites for hydroxylation is 1. The van der Waals surface area contributed by atoms with Crippen LogP contribution in [0.4, 0.5) is 11.6 Å². The molecule has 0 aliphatic rings. The van der Waals surface area contributed by atoms with E-state index >= 15 is 0 Å². The number of hydrogen-bond acceptors (Lipinski definition) is 5. The van der Waals surface area contributed by atoms with Gasteiger partial charge in [0.05, 0.1) is 12.2 Å². The minimum atomic E-state index is -0.213. The maximum Gasteiger partial charge on any atom is 0.258 e. The van der Waals surface area contributed by atoms with Crippen LogP contribution in [-0.4, -0.2) is 36.1 Å². The molecule has 2 rings (SSSR count). The van der Waals surface area contributed by atoms with Gasteiger partial charge in [-0.05, 0) is 24.0 Å². The standard InChI is InChI=1S/C18H24N4O2/c1-12(2)15-7-5-6-13(3)16(15)22-17(23)14-10-20-18(21-11-14)19-8-9-24-4/h5-7,10-12H,8-9H2,1-4H3,(H,22,23)(H,19,20,21). The molecule has 2 aromatic rings. The first-order valence-electron chi connectivity index (χ1n) is 7.98. The third-order valence-electron chi connectivity index (χ3n) is 3.67. The molecule has 1 heterocycles. The van der Waals surface area contributed by atoms with Crippen molar-refractivity contribution in [2.75, 3.05) is 30.9 Å². The molecule has 0 radical (unpaired) electrons. The number of para-hydroxylation sites is 1. The molecule has 6 heteroatoms. The average molecular weight is 328 g/mol. The van der Waals surface area contributed by atoms with Crippen molar-refractivity contribution in [1.82, 2.24) is 9.97 Å². The number of anilines is 2. The van der Waals surface area contributed by atoms with Gasteiger partial charge in [0, 0.05) is 31.7 Å². The number of amides is 1. The molecule has 6 nitrogen and oxygen atoms in total.